The Morgan fingerprint density at radius 3 is 2.73 bits per heavy atom. The number of amides is 1. The number of likely N-dealkylation sites (N-methyl/N-ethyl adjacent to an activating group) is 1. The van der Waals surface area contributed by atoms with Crippen molar-refractivity contribution < 1.29 is 9.72 Å². The molecule has 0 aliphatic heterocycles. The molecule has 1 amide bonds. The van der Waals surface area contributed by atoms with Gasteiger partial charge in [-0.3, -0.25) is 14.9 Å². The first-order valence-electron chi connectivity index (χ1n) is 6.71. The van der Waals surface area contributed by atoms with Gasteiger partial charge >= 0.3 is 0 Å². The molecule has 2 rings (SSSR count). The minimum atomic E-state index is -0.509. The lowest BCUT2D eigenvalue weighted by atomic mass is 10.1. The van der Waals surface area contributed by atoms with Crippen LogP contribution in [0, 0.1) is 10.1 Å². The summed E-state index contributed by atoms with van der Waals surface area (Å²) in [7, 11) is 3.90. The molecule has 22 heavy (non-hydrogen) atoms. The Morgan fingerprint density at radius 2 is 2.14 bits per heavy atom. The Hall–Kier alpha value is -2.25. The number of rotatable bonds is 6. The number of nitro groups is 1. The van der Waals surface area contributed by atoms with Crippen LogP contribution in [0.3, 0.4) is 0 Å². The lowest BCUT2D eigenvalue weighted by molar-refractivity contribution is -0.384. The fraction of sp³-hybridized carbons (Fsp3) is 0.267. The number of hydrogen-bond acceptors (Lipinski definition) is 5. The molecule has 0 saturated heterocycles. The van der Waals surface area contributed by atoms with Crippen molar-refractivity contribution in [3.05, 3.63) is 62.3 Å². The van der Waals surface area contributed by atoms with Crippen LogP contribution < -0.4 is 5.32 Å². The molecule has 1 aromatic heterocycles. The molecular formula is C15H17N3O3S. The number of nitrogens with zero attached hydrogens (tertiary/aromatic N) is 2. The van der Waals surface area contributed by atoms with Crippen LogP contribution in [-0.2, 0) is 0 Å². The molecule has 0 spiro atoms. The first-order valence-corrected chi connectivity index (χ1v) is 7.59. The lowest BCUT2D eigenvalue weighted by Crippen LogP contribution is -2.34. The first kappa shape index (κ1) is 16.1. The number of nitro benzene ring substituents is 1. The number of carbonyl (C=O) groups is 1. The molecule has 0 radical (unpaired) electrons. The van der Waals surface area contributed by atoms with Crippen LogP contribution in [0.4, 0.5) is 5.69 Å². The van der Waals surface area contributed by atoms with Gasteiger partial charge < -0.3 is 10.2 Å². The first-order chi connectivity index (χ1) is 10.5. The minimum absolute atomic E-state index is 0.0719. The van der Waals surface area contributed by atoms with Gasteiger partial charge in [0.25, 0.3) is 11.6 Å². The van der Waals surface area contributed by atoms with Crippen LogP contribution in [0.5, 0.6) is 0 Å². The van der Waals surface area contributed by atoms with Crippen molar-refractivity contribution in [1.29, 1.82) is 0 Å². The van der Waals surface area contributed by atoms with E-state index in [1.807, 2.05) is 36.5 Å². The van der Waals surface area contributed by atoms with E-state index >= 15 is 0 Å². The fourth-order valence-electron chi connectivity index (χ4n) is 2.07. The van der Waals surface area contributed by atoms with E-state index in [4.69, 9.17) is 0 Å². The van der Waals surface area contributed by atoms with Crippen LogP contribution in [0.2, 0.25) is 0 Å². The van der Waals surface area contributed by atoms with Gasteiger partial charge in [-0.15, -0.1) is 11.3 Å². The maximum Gasteiger partial charge on any atom is 0.270 e. The third-order valence-corrected chi connectivity index (χ3v) is 4.24. The van der Waals surface area contributed by atoms with Crippen molar-refractivity contribution >= 4 is 22.9 Å². The van der Waals surface area contributed by atoms with Crippen molar-refractivity contribution in [2.45, 2.75) is 6.04 Å². The SMILES string of the molecule is CN(C)C(CNC(=O)c1cccc([N+](=O)[O-])c1)c1cccs1. The van der Waals surface area contributed by atoms with E-state index in [9.17, 15) is 14.9 Å². The smallest absolute Gasteiger partial charge is 0.270 e. The number of hydrogen-bond donors (Lipinski definition) is 1. The summed E-state index contributed by atoms with van der Waals surface area (Å²) in [6.45, 7) is 0.440. The van der Waals surface area contributed by atoms with E-state index < -0.39 is 4.92 Å². The number of non-ortho nitro benzene ring substituents is 1. The van der Waals surface area contributed by atoms with Crippen LogP contribution in [0.1, 0.15) is 21.3 Å². The quantitative estimate of drug-likeness (QED) is 0.656. The van der Waals surface area contributed by atoms with Gasteiger partial charge in [-0.1, -0.05) is 12.1 Å². The third kappa shape index (κ3) is 3.90. The molecule has 1 unspecified atom stereocenters. The highest BCUT2D eigenvalue weighted by Gasteiger charge is 2.17. The molecule has 0 aliphatic carbocycles. The van der Waals surface area contributed by atoms with E-state index in [1.54, 1.807) is 17.4 Å². The predicted molar refractivity (Wildman–Crippen MR) is 86.2 cm³/mol. The third-order valence-electron chi connectivity index (χ3n) is 3.27. The van der Waals surface area contributed by atoms with Crippen molar-refractivity contribution in [2.75, 3.05) is 20.6 Å². The minimum Gasteiger partial charge on any atom is -0.350 e. The number of carbonyl (C=O) groups excluding carboxylic acids is 1. The Bertz CT molecular complexity index is 656. The molecular weight excluding hydrogens is 302 g/mol. The average Bonchev–Trinajstić information content (AvgIpc) is 3.01. The van der Waals surface area contributed by atoms with E-state index in [2.05, 4.69) is 5.32 Å². The zero-order valence-electron chi connectivity index (χ0n) is 12.4. The maximum atomic E-state index is 12.2. The molecule has 7 heteroatoms. The summed E-state index contributed by atoms with van der Waals surface area (Å²) in [5.41, 5.74) is 0.202. The summed E-state index contributed by atoms with van der Waals surface area (Å²) in [5.74, 6) is -0.313. The molecule has 0 fully saturated rings. The second-order valence-corrected chi connectivity index (χ2v) is 5.99. The molecule has 0 saturated carbocycles. The van der Waals surface area contributed by atoms with Gasteiger partial charge in [-0.05, 0) is 31.6 Å². The topological polar surface area (TPSA) is 75.5 Å². The van der Waals surface area contributed by atoms with Gasteiger partial charge in [-0.2, -0.15) is 0 Å². The Balaban J connectivity index is 2.05. The highest BCUT2D eigenvalue weighted by atomic mass is 32.1. The van der Waals surface area contributed by atoms with Crippen molar-refractivity contribution in [2.24, 2.45) is 0 Å². The second-order valence-electron chi connectivity index (χ2n) is 5.01. The summed E-state index contributed by atoms with van der Waals surface area (Å²) >= 11 is 1.63. The Labute approximate surface area is 132 Å². The largest absolute Gasteiger partial charge is 0.350 e. The molecule has 2 aromatic rings. The molecule has 0 aliphatic rings. The number of thiophene rings is 1. The average molecular weight is 319 g/mol. The molecule has 6 nitrogen and oxygen atoms in total. The summed E-state index contributed by atoms with van der Waals surface area (Å²) in [6, 6.07) is 9.79. The Kier molecular flexibility index (Phi) is 5.24. The molecule has 116 valence electrons. The monoisotopic (exact) mass is 319 g/mol. The van der Waals surface area contributed by atoms with Crippen molar-refractivity contribution in [3.8, 4) is 0 Å². The standard InChI is InChI=1S/C15H17N3O3S/c1-17(2)13(14-7-4-8-22-14)10-16-15(19)11-5-3-6-12(9-11)18(20)21/h3-9,13H,10H2,1-2H3,(H,16,19). The summed E-state index contributed by atoms with van der Waals surface area (Å²) in [6.07, 6.45) is 0. The van der Waals surface area contributed by atoms with Gasteiger partial charge in [-0.25, -0.2) is 0 Å². The zero-order valence-corrected chi connectivity index (χ0v) is 13.2. The summed E-state index contributed by atoms with van der Waals surface area (Å²) < 4.78 is 0. The van der Waals surface area contributed by atoms with Crippen molar-refractivity contribution in [1.82, 2.24) is 10.2 Å². The van der Waals surface area contributed by atoms with E-state index in [0.29, 0.717) is 6.54 Å². The zero-order chi connectivity index (χ0) is 16.1. The maximum absolute atomic E-state index is 12.2. The predicted octanol–water partition coefficient (Wildman–Crippen LogP) is 2.69. The van der Waals surface area contributed by atoms with Crippen LogP contribution in [-0.4, -0.2) is 36.4 Å². The molecule has 1 aromatic carbocycles. The molecule has 0 bridgehead atoms. The normalized spacial score (nSPS) is 12.1. The Morgan fingerprint density at radius 1 is 1.36 bits per heavy atom. The van der Waals surface area contributed by atoms with Gasteiger partial charge in [0.1, 0.15) is 0 Å². The van der Waals surface area contributed by atoms with Gasteiger partial charge in [0.05, 0.1) is 11.0 Å². The number of nitrogens with one attached hydrogen (secondary N) is 1. The van der Waals surface area contributed by atoms with Crippen LogP contribution in [0.25, 0.3) is 0 Å². The fourth-order valence-corrected chi connectivity index (χ4v) is 2.99. The van der Waals surface area contributed by atoms with E-state index in [1.165, 1.54) is 18.2 Å². The van der Waals surface area contributed by atoms with Crippen LogP contribution in [0.15, 0.2) is 41.8 Å². The summed E-state index contributed by atoms with van der Waals surface area (Å²) in [4.78, 5) is 25.6. The van der Waals surface area contributed by atoms with Crippen LogP contribution >= 0.6 is 11.3 Å². The molecule has 1 atom stereocenters. The van der Waals surface area contributed by atoms with Gasteiger partial charge in [0.2, 0.25) is 0 Å². The second kappa shape index (κ2) is 7.15. The van der Waals surface area contributed by atoms with Gasteiger partial charge in [0.15, 0.2) is 0 Å². The van der Waals surface area contributed by atoms with E-state index in [-0.39, 0.29) is 23.2 Å². The van der Waals surface area contributed by atoms with Crippen molar-refractivity contribution in [3.63, 3.8) is 0 Å². The van der Waals surface area contributed by atoms with Gasteiger partial charge in [0, 0.05) is 29.1 Å². The highest BCUT2D eigenvalue weighted by molar-refractivity contribution is 7.10. The summed E-state index contributed by atoms with van der Waals surface area (Å²) in [5, 5.41) is 15.6. The van der Waals surface area contributed by atoms with E-state index in [0.717, 1.165) is 4.88 Å². The molecule has 1 N–H and O–H groups in total. The highest BCUT2D eigenvalue weighted by Crippen LogP contribution is 2.22. The molecule has 1 heterocycles. The number of benzene rings is 1. The lowest BCUT2D eigenvalue weighted by Gasteiger charge is -2.23.